The molecule has 1 aromatic carbocycles. The highest BCUT2D eigenvalue weighted by Crippen LogP contribution is 2.38. The Morgan fingerprint density at radius 2 is 2.00 bits per heavy atom. The zero-order valence-corrected chi connectivity index (χ0v) is 10.8. The molecule has 16 heavy (non-hydrogen) atoms. The molecule has 0 amide bonds. The molecule has 1 rings (SSSR count). The summed E-state index contributed by atoms with van der Waals surface area (Å²) in [6.07, 6.45) is 0. The van der Waals surface area contributed by atoms with E-state index in [1.165, 1.54) is 13.2 Å². The quantitative estimate of drug-likeness (QED) is 0.897. The van der Waals surface area contributed by atoms with Gasteiger partial charge < -0.3 is 14.9 Å². The first-order valence-electron chi connectivity index (χ1n) is 4.61. The van der Waals surface area contributed by atoms with E-state index in [2.05, 4.69) is 15.9 Å². The SMILES string of the molecule is COc1cc(C(C)(C)C(=O)O)cc(Br)c1O. The van der Waals surface area contributed by atoms with E-state index in [-0.39, 0.29) is 11.5 Å². The van der Waals surface area contributed by atoms with Crippen LogP contribution in [0.15, 0.2) is 16.6 Å². The minimum Gasteiger partial charge on any atom is -0.503 e. The van der Waals surface area contributed by atoms with Gasteiger partial charge in [0, 0.05) is 0 Å². The zero-order valence-electron chi connectivity index (χ0n) is 9.24. The van der Waals surface area contributed by atoms with Crippen LogP contribution >= 0.6 is 15.9 Å². The number of carboxylic acids is 1. The van der Waals surface area contributed by atoms with Gasteiger partial charge >= 0.3 is 5.97 Å². The maximum Gasteiger partial charge on any atom is 0.313 e. The van der Waals surface area contributed by atoms with Crippen molar-refractivity contribution in [3.05, 3.63) is 22.2 Å². The van der Waals surface area contributed by atoms with Gasteiger partial charge in [0.25, 0.3) is 0 Å². The standard InChI is InChI=1S/C11H13BrO4/c1-11(2,10(14)15)6-4-7(12)9(13)8(5-6)16-3/h4-5,13H,1-3H3,(H,14,15). The molecule has 0 aromatic heterocycles. The average Bonchev–Trinajstić information content (AvgIpc) is 2.21. The van der Waals surface area contributed by atoms with Crippen molar-refractivity contribution in [2.45, 2.75) is 19.3 Å². The van der Waals surface area contributed by atoms with E-state index in [4.69, 9.17) is 9.84 Å². The molecule has 0 saturated heterocycles. The number of aromatic hydroxyl groups is 1. The van der Waals surface area contributed by atoms with Crippen molar-refractivity contribution in [3.63, 3.8) is 0 Å². The number of rotatable bonds is 3. The summed E-state index contributed by atoms with van der Waals surface area (Å²) in [7, 11) is 1.42. The van der Waals surface area contributed by atoms with Gasteiger partial charge in [0.15, 0.2) is 11.5 Å². The minimum atomic E-state index is -1.04. The zero-order chi connectivity index (χ0) is 12.5. The number of phenols is 1. The average molecular weight is 289 g/mol. The van der Waals surface area contributed by atoms with Gasteiger partial charge in [0.05, 0.1) is 17.0 Å². The van der Waals surface area contributed by atoms with Gasteiger partial charge in [-0.15, -0.1) is 0 Å². The van der Waals surface area contributed by atoms with Crippen molar-refractivity contribution in [1.29, 1.82) is 0 Å². The number of carboxylic acid groups (broad SMARTS) is 1. The monoisotopic (exact) mass is 288 g/mol. The highest BCUT2D eigenvalue weighted by molar-refractivity contribution is 9.10. The number of hydrogen-bond acceptors (Lipinski definition) is 3. The van der Waals surface area contributed by atoms with E-state index in [0.29, 0.717) is 10.0 Å². The number of aliphatic carboxylic acids is 1. The van der Waals surface area contributed by atoms with E-state index in [9.17, 15) is 9.90 Å². The van der Waals surface area contributed by atoms with E-state index in [1.807, 2.05) is 0 Å². The van der Waals surface area contributed by atoms with Crippen molar-refractivity contribution in [2.75, 3.05) is 7.11 Å². The third kappa shape index (κ3) is 2.14. The Morgan fingerprint density at radius 1 is 1.44 bits per heavy atom. The predicted molar refractivity (Wildman–Crippen MR) is 63.0 cm³/mol. The molecule has 88 valence electrons. The van der Waals surface area contributed by atoms with Gasteiger partial charge in [-0.1, -0.05) is 0 Å². The molecule has 0 heterocycles. The Labute approximate surface area is 102 Å². The number of methoxy groups -OCH3 is 1. The molecule has 0 radical (unpaired) electrons. The first-order chi connectivity index (χ1) is 7.30. The third-order valence-corrected chi connectivity index (χ3v) is 3.11. The summed E-state index contributed by atoms with van der Waals surface area (Å²) in [5.74, 6) is -0.724. The van der Waals surface area contributed by atoms with E-state index in [1.54, 1.807) is 19.9 Å². The van der Waals surface area contributed by atoms with Crippen LogP contribution in [0.2, 0.25) is 0 Å². The van der Waals surface area contributed by atoms with Gasteiger partial charge in [0.1, 0.15) is 0 Å². The Hall–Kier alpha value is -1.23. The summed E-state index contributed by atoms with van der Waals surface area (Å²) in [6, 6.07) is 3.10. The van der Waals surface area contributed by atoms with Gasteiger partial charge in [0.2, 0.25) is 0 Å². The molecule has 0 fully saturated rings. The summed E-state index contributed by atoms with van der Waals surface area (Å²) < 4.78 is 5.38. The van der Waals surface area contributed by atoms with Crippen LogP contribution in [-0.2, 0) is 10.2 Å². The molecule has 2 N–H and O–H groups in total. The van der Waals surface area contributed by atoms with Crippen molar-refractivity contribution < 1.29 is 19.7 Å². The van der Waals surface area contributed by atoms with Gasteiger partial charge in [-0.25, -0.2) is 0 Å². The maximum absolute atomic E-state index is 11.1. The van der Waals surface area contributed by atoms with Crippen LogP contribution in [-0.4, -0.2) is 23.3 Å². The lowest BCUT2D eigenvalue weighted by Gasteiger charge is -2.21. The van der Waals surface area contributed by atoms with Crippen molar-refractivity contribution >= 4 is 21.9 Å². The minimum absolute atomic E-state index is 0.0348. The summed E-state index contributed by atoms with van der Waals surface area (Å²) in [4.78, 5) is 11.1. The Balaban J connectivity index is 3.37. The fraction of sp³-hybridized carbons (Fsp3) is 0.364. The van der Waals surface area contributed by atoms with Crippen molar-refractivity contribution in [2.24, 2.45) is 0 Å². The number of carbonyl (C=O) groups is 1. The topological polar surface area (TPSA) is 66.8 Å². The number of halogens is 1. The lowest BCUT2D eigenvalue weighted by atomic mass is 9.85. The predicted octanol–water partition coefficient (Wildman–Crippen LogP) is 2.53. The molecule has 0 unspecified atom stereocenters. The largest absolute Gasteiger partial charge is 0.503 e. The maximum atomic E-state index is 11.1. The molecule has 0 bridgehead atoms. The smallest absolute Gasteiger partial charge is 0.313 e. The lowest BCUT2D eigenvalue weighted by Crippen LogP contribution is -2.28. The van der Waals surface area contributed by atoms with Crippen LogP contribution in [0.25, 0.3) is 0 Å². The molecule has 0 aliphatic carbocycles. The highest BCUT2D eigenvalue weighted by atomic mass is 79.9. The second-order valence-electron chi connectivity index (χ2n) is 3.94. The number of ether oxygens (including phenoxy) is 1. The van der Waals surface area contributed by atoms with Crippen LogP contribution in [0.3, 0.4) is 0 Å². The van der Waals surface area contributed by atoms with Crippen molar-refractivity contribution in [3.8, 4) is 11.5 Å². The van der Waals surface area contributed by atoms with Gasteiger partial charge in [-0.05, 0) is 47.5 Å². The van der Waals surface area contributed by atoms with E-state index in [0.717, 1.165) is 0 Å². The summed E-state index contributed by atoms with van der Waals surface area (Å²) in [5.41, 5.74) is -0.481. The first-order valence-corrected chi connectivity index (χ1v) is 5.40. The Morgan fingerprint density at radius 3 is 2.44 bits per heavy atom. The van der Waals surface area contributed by atoms with Gasteiger partial charge in [-0.2, -0.15) is 0 Å². The molecular weight excluding hydrogens is 276 g/mol. The molecule has 0 saturated carbocycles. The second-order valence-corrected chi connectivity index (χ2v) is 4.79. The van der Waals surface area contributed by atoms with Gasteiger partial charge in [-0.3, -0.25) is 4.79 Å². The molecule has 4 nitrogen and oxygen atoms in total. The molecule has 0 spiro atoms. The normalized spacial score (nSPS) is 11.2. The van der Waals surface area contributed by atoms with E-state index >= 15 is 0 Å². The second kappa shape index (κ2) is 4.33. The van der Waals surface area contributed by atoms with Crippen LogP contribution in [0.4, 0.5) is 0 Å². The molecule has 0 aliphatic heterocycles. The fourth-order valence-electron chi connectivity index (χ4n) is 1.21. The number of benzene rings is 1. The molecule has 1 aromatic rings. The number of phenolic OH excluding ortho intramolecular Hbond substituents is 1. The van der Waals surface area contributed by atoms with Crippen molar-refractivity contribution in [1.82, 2.24) is 0 Å². The highest BCUT2D eigenvalue weighted by Gasteiger charge is 2.31. The molecule has 0 aliphatic rings. The molecule has 5 heteroatoms. The lowest BCUT2D eigenvalue weighted by molar-refractivity contribution is -0.142. The summed E-state index contributed by atoms with van der Waals surface area (Å²) >= 11 is 3.16. The Bertz CT molecular complexity index is 426. The Kier molecular flexibility index (Phi) is 3.48. The number of hydrogen-bond donors (Lipinski definition) is 2. The van der Waals surface area contributed by atoms with Crippen LogP contribution in [0, 0.1) is 0 Å². The first kappa shape index (κ1) is 12.8. The van der Waals surface area contributed by atoms with Crippen LogP contribution < -0.4 is 4.74 Å². The van der Waals surface area contributed by atoms with Crippen LogP contribution in [0.5, 0.6) is 11.5 Å². The van der Waals surface area contributed by atoms with Crippen LogP contribution in [0.1, 0.15) is 19.4 Å². The third-order valence-electron chi connectivity index (χ3n) is 2.50. The summed E-state index contributed by atoms with van der Waals surface area (Å²) in [5, 5.41) is 18.7. The fourth-order valence-corrected chi connectivity index (χ4v) is 1.66. The van der Waals surface area contributed by atoms with E-state index < -0.39 is 11.4 Å². The summed E-state index contributed by atoms with van der Waals surface area (Å²) in [6.45, 7) is 3.18. The molecule has 0 atom stereocenters. The molecular formula is C11H13BrO4.